The summed E-state index contributed by atoms with van der Waals surface area (Å²) in [5, 5.41) is 0.510. The number of carbonyl (C=O) groups is 1. The lowest BCUT2D eigenvalue weighted by molar-refractivity contribution is -0.199. The summed E-state index contributed by atoms with van der Waals surface area (Å²) in [6.45, 7) is 0.800. The first-order valence-corrected chi connectivity index (χ1v) is 6.77. The number of likely N-dealkylation sites (N-methyl/N-ethyl adjacent to an activating group) is 1. The topological polar surface area (TPSA) is 51.5 Å². The van der Waals surface area contributed by atoms with E-state index >= 15 is 0 Å². The number of aromatic nitrogens is 1. The van der Waals surface area contributed by atoms with Gasteiger partial charge in [0.25, 0.3) is 5.56 Å². The Morgan fingerprint density at radius 3 is 2.52 bits per heavy atom. The molecule has 1 aromatic heterocycles. The Labute approximate surface area is 129 Å². The van der Waals surface area contributed by atoms with E-state index in [1.54, 1.807) is 12.1 Å². The van der Waals surface area contributed by atoms with Crippen LogP contribution in [0.5, 0.6) is 0 Å². The van der Waals surface area contributed by atoms with Gasteiger partial charge in [0, 0.05) is 18.0 Å². The zero-order chi connectivity index (χ0) is 17.2. The fourth-order valence-electron chi connectivity index (χ4n) is 2.01. The molecule has 0 aliphatic carbocycles. The Hall–Kier alpha value is -2.35. The lowest BCUT2D eigenvalue weighted by Crippen LogP contribution is -2.38. The number of carbonyl (C=O) groups excluding carboxylic acids is 1. The molecular formula is C15H15F3N2O3. The van der Waals surface area contributed by atoms with E-state index in [0.717, 1.165) is 24.6 Å². The van der Waals surface area contributed by atoms with E-state index in [9.17, 15) is 22.8 Å². The van der Waals surface area contributed by atoms with Crippen molar-refractivity contribution >= 4 is 16.9 Å². The number of benzene rings is 1. The number of pyridine rings is 1. The molecule has 0 unspecified atom stereocenters. The van der Waals surface area contributed by atoms with Crippen LogP contribution in [-0.4, -0.2) is 42.4 Å². The van der Waals surface area contributed by atoms with Crippen LogP contribution in [0.15, 0.2) is 35.1 Å². The van der Waals surface area contributed by atoms with Crippen LogP contribution in [0.2, 0.25) is 0 Å². The molecule has 2 rings (SSSR count). The lowest BCUT2D eigenvalue weighted by atomic mass is 10.1. The van der Waals surface area contributed by atoms with Crippen molar-refractivity contribution in [3.05, 3.63) is 46.2 Å². The average molecular weight is 328 g/mol. The highest BCUT2D eigenvalue weighted by Crippen LogP contribution is 2.18. The third-order valence-electron chi connectivity index (χ3n) is 3.17. The molecule has 124 valence electrons. The van der Waals surface area contributed by atoms with Crippen molar-refractivity contribution < 1.29 is 22.8 Å². The van der Waals surface area contributed by atoms with Gasteiger partial charge in [0.2, 0.25) is 0 Å². The summed E-state index contributed by atoms with van der Waals surface area (Å²) in [6, 6.07) is 7.43. The van der Waals surface area contributed by atoms with Crippen molar-refractivity contribution in [3.8, 4) is 0 Å². The van der Waals surface area contributed by atoms with Gasteiger partial charge in [-0.15, -0.1) is 4.73 Å². The molecule has 0 aliphatic rings. The van der Waals surface area contributed by atoms with Crippen LogP contribution in [0.4, 0.5) is 13.2 Å². The first-order chi connectivity index (χ1) is 10.7. The molecule has 0 amide bonds. The van der Waals surface area contributed by atoms with Gasteiger partial charge in [0.15, 0.2) is 0 Å². The Kier molecular flexibility index (Phi) is 4.74. The predicted molar refractivity (Wildman–Crippen MR) is 78.1 cm³/mol. The highest BCUT2D eigenvalue weighted by atomic mass is 19.4. The zero-order valence-corrected chi connectivity index (χ0v) is 12.6. The Balaban J connectivity index is 2.39. The molecule has 0 atom stereocenters. The minimum atomic E-state index is -5.17. The molecular weight excluding hydrogens is 313 g/mol. The van der Waals surface area contributed by atoms with Crippen molar-refractivity contribution in [1.82, 2.24) is 9.63 Å². The quantitative estimate of drug-likeness (QED) is 0.856. The molecule has 0 saturated carbocycles. The van der Waals surface area contributed by atoms with Crippen LogP contribution < -0.4 is 10.4 Å². The summed E-state index contributed by atoms with van der Waals surface area (Å²) in [7, 11) is 3.85. The third kappa shape index (κ3) is 4.10. The highest BCUT2D eigenvalue weighted by molar-refractivity contribution is 5.81. The number of nitrogens with zero attached hydrogens (tertiary/aromatic N) is 2. The van der Waals surface area contributed by atoms with Crippen molar-refractivity contribution in [2.75, 3.05) is 20.6 Å². The van der Waals surface area contributed by atoms with Crippen LogP contribution in [-0.2, 0) is 11.2 Å². The van der Waals surface area contributed by atoms with Gasteiger partial charge in [-0.1, -0.05) is 6.07 Å². The molecule has 0 bridgehead atoms. The van der Waals surface area contributed by atoms with E-state index in [1.165, 1.54) is 12.1 Å². The second-order valence-corrected chi connectivity index (χ2v) is 5.29. The standard InChI is InChI=1S/C15H15F3N2O3/c1-19(2)8-7-10-3-5-12-11(9-10)4-6-13(21)20(12)23-14(22)15(16,17)18/h3-6,9H,7-8H2,1-2H3. The molecule has 0 N–H and O–H groups in total. The van der Waals surface area contributed by atoms with E-state index in [0.29, 0.717) is 10.1 Å². The van der Waals surface area contributed by atoms with E-state index in [-0.39, 0.29) is 5.52 Å². The molecule has 5 nitrogen and oxygen atoms in total. The maximum absolute atomic E-state index is 12.3. The number of hydrogen-bond acceptors (Lipinski definition) is 4. The predicted octanol–water partition coefficient (Wildman–Crippen LogP) is 1.62. The van der Waals surface area contributed by atoms with Crippen LogP contribution in [0.1, 0.15) is 5.56 Å². The number of halogens is 3. The van der Waals surface area contributed by atoms with Gasteiger partial charge < -0.3 is 9.74 Å². The van der Waals surface area contributed by atoms with Crippen molar-refractivity contribution in [1.29, 1.82) is 0 Å². The van der Waals surface area contributed by atoms with Crippen molar-refractivity contribution in [3.63, 3.8) is 0 Å². The molecule has 0 spiro atoms. The number of alkyl halides is 3. The van der Waals surface area contributed by atoms with E-state index in [4.69, 9.17) is 0 Å². The Bertz CT molecular complexity index is 782. The van der Waals surface area contributed by atoms with Gasteiger partial charge in [-0.3, -0.25) is 4.79 Å². The smallest absolute Gasteiger partial charge is 0.324 e. The maximum atomic E-state index is 12.3. The first-order valence-electron chi connectivity index (χ1n) is 6.77. The molecule has 0 aliphatic heterocycles. The second kappa shape index (κ2) is 6.41. The monoisotopic (exact) mass is 328 g/mol. The van der Waals surface area contributed by atoms with Crippen molar-refractivity contribution in [2.45, 2.75) is 12.6 Å². The van der Waals surface area contributed by atoms with Crippen LogP contribution in [0.25, 0.3) is 10.9 Å². The van der Waals surface area contributed by atoms with Gasteiger partial charge in [-0.05, 0) is 44.3 Å². The molecule has 0 saturated heterocycles. The largest absolute Gasteiger partial charge is 0.493 e. The minimum absolute atomic E-state index is 0.101. The maximum Gasteiger partial charge on any atom is 0.493 e. The first kappa shape index (κ1) is 17.0. The fraction of sp³-hybridized carbons (Fsp3) is 0.333. The van der Waals surface area contributed by atoms with Crippen molar-refractivity contribution in [2.24, 2.45) is 0 Å². The SMILES string of the molecule is CN(C)CCc1ccc2c(ccc(=O)n2OC(=O)C(F)(F)F)c1. The van der Waals surface area contributed by atoms with Gasteiger partial charge >= 0.3 is 12.1 Å². The Morgan fingerprint density at radius 2 is 1.91 bits per heavy atom. The molecule has 1 heterocycles. The Morgan fingerprint density at radius 1 is 1.22 bits per heavy atom. The highest BCUT2D eigenvalue weighted by Gasteiger charge is 2.42. The van der Waals surface area contributed by atoms with Gasteiger partial charge in [-0.25, -0.2) is 4.79 Å². The molecule has 0 radical (unpaired) electrons. The summed E-state index contributed by atoms with van der Waals surface area (Å²) in [6.07, 6.45) is -4.43. The molecule has 8 heteroatoms. The summed E-state index contributed by atoms with van der Waals surface area (Å²) < 4.78 is 37.3. The molecule has 0 fully saturated rings. The number of fused-ring (bicyclic) bond motifs is 1. The summed E-state index contributed by atoms with van der Waals surface area (Å²) >= 11 is 0. The number of rotatable bonds is 4. The van der Waals surface area contributed by atoms with Gasteiger partial charge in [-0.2, -0.15) is 13.2 Å². The van der Waals surface area contributed by atoms with Gasteiger partial charge in [0.05, 0.1) is 5.52 Å². The van der Waals surface area contributed by atoms with Crippen LogP contribution >= 0.6 is 0 Å². The molecule has 23 heavy (non-hydrogen) atoms. The summed E-state index contributed by atoms with van der Waals surface area (Å²) in [5.74, 6) is -2.44. The fourth-order valence-corrected chi connectivity index (χ4v) is 2.01. The van der Waals surface area contributed by atoms with Crippen LogP contribution in [0, 0.1) is 0 Å². The number of hydrogen-bond donors (Lipinski definition) is 0. The molecule has 1 aromatic carbocycles. The zero-order valence-electron chi connectivity index (χ0n) is 12.6. The van der Waals surface area contributed by atoms with E-state index < -0.39 is 17.7 Å². The lowest BCUT2D eigenvalue weighted by Gasteiger charge is -2.13. The average Bonchev–Trinajstić information content (AvgIpc) is 2.46. The minimum Gasteiger partial charge on any atom is -0.324 e. The van der Waals surface area contributed by atoms with Gasteiger partial charge in [0.1, 0.15) is 0 Å². The summed E-state index contributed by atoms with van der Waals surface area (Å²) in [5.41, 5.74) is 0.207. The normalized spacial score (nSPS) is 11.9. The summed E-state index contributed by atoms with van der Waals surface area (Å²) in [4.78, 5) is 28.9. The van der Waals surface area contributed by atoms with E-state index in [2.05, 4.69) is 4.84 Å². The van der Waals surface area contributed by atoms with E-state index in [1.807, 2.05) is 19.0 Å². The van der Waals surface area contributed by atoms with Crippen LogP contribution in [0.3, 0.4) is 0 Å². The molecule has 2 aromatic rings. The second-order valence-electron chi connectivity index (χ2n) is 5.29. The third-order valence-corrected chi connectivity index (χ3v) is 3.17.